The molecule has 0 bridgehead atoms. The number of hydrogen-bond acceptors (Lipinski definition) is 3. The summed E-state index contributed by atoms with van der Waals surface area (Å²) in [5.41, 5.74) is 6.14. The Labute approximate surface area is 97.3 Å². The Morgan fingerprint density at radius 1 is 1.47 bits per heavy atom. The molecule has 0 saturated carbocycles. The first-order chi connectivity index (χ1) is 7.20. The quantitative estimate of drug-likeness (QED) is 0.790. The van der Waals surface area contributed by atoms with Gasteiger partial charge in [-0.1, -0.05) is 0 Å². The average molecular weight is 229 g/mol. The number of nitrogens with two attached hydrogens (primary N) is 1. The third-order valence-electron chi connectivity index (χ3n) is 3.70. The molecule has 0 aromatic heterocycles. The van der Waals surface area contributed by atoms with Crippen molar-refractivity contribution in [2.45, 2.75) is 50.7 Å². The van der Waals surface area contributed by atoms with Crippen LogP contribution in [0.25, 0.3) is 0 Å². The van der Waals surface area contributed by atoms with Crippen LogP contribution >= 0.6 is 11.8 Å². The van der Waals surface area contributed by atoms with E-state index in [0.29, 0.717) is 6.04 Å². The van der Waals surface area contributed by atoms with Crippen LogP contribution in [-0.4, -0.2) is 29.8 Å². The Balaban J connectivity index is 1.90. The van der Waals surface area contributed by atoms with E-state index in [-0.39, 0.29) is 5.60 Å². The predicted molar refractivity (Wildman–Crippen MR) is 66.2 cm³/mol. The van der Waals surface area contributed by atoms with Gasteiger partial charge in [-0.2, -0.15) is 11.8 Å². The Morgan fingerprint density at radius 2 is 2.20 bits per heavy atom. The molecular formula is C12H23NOS. The lowest BCUT2D eigenvalue weighted by molar-refractivity contribution is -0.103. The van der Waals surface area contributed by atoms with E-state index in [1.165, 1.54) is 43.6 Å². The maximum absolute atomic E-state index is 6.06. The number of ether oxygens (including phenoxy) is 1. The van der Waals surface area contributed by atoms with E-state index >= 15 is 0 Å². The minimum absolute atomic E-state index is 0.239. The molecule has 2 saturated heterocycles. The molecule has 3 heteroatoms. The largest absolute Gasteiger partial charge is 0.375 e. The van der Waals surface area contributed by atoms with Crippen molar-refractivity contribution in [3.8, 4) is 0 Å². The van der Waals surface area contributed by atoms with Crippen molar-refractivity contribution in [1.82, 2.24) is 0 Å². The summed E-state index contributed by atoms with van der Waals surface area (Å²) < 4.78 is 6.06. The van der Waals surface area contributed by atoms with E-state index in [0.717, 1.165) is 12.5 Å². The third kappa shape index (κ3) is 3.11. The predicted octanol–water partition coefficient (Wildman–Crippen LogP) is 2.42. The van der Waals surface area contributed by atoms with Gasteiger partial charge in [-0.3, -0.25) is 0 Å². The van der Waals surface area contributed by atoms with Crippen LogP contribution in [0.5, 0.6) is 0 Å². The van der Waals surface area contributed by atoms with Gasteiger partial charge in [-0.05, 0) is 56.5 Å². The molecule has 0 aromatic carbocycles. The summed E-state index contributed by atoms with van der Waals surface area (Å²) in [5, 5.41) is 0. The van der Waals surface area contributed by atoms with Crippen LogP contribution < -0.4 is 5.73 Å². The molecule has 0 radical (unpaired) electrons. The van der Waals surface area contributed by atoms with E-state index in [1.807, 2.05) is 0 Å². The molecule has 15 heavy (non-hydrogen) atoms. The lowest BCUT2D eigenvalue weighted by atomic mass is 9.79. The van der Waals surface area contributed by atoms with Crippen molar-refractivity contribution in [3.63, 3.8) is 0 Å². The van der Waals surface area contributed by atoms with Crippen molar-refractivity contribution < 1.29 is 4.74 Å². The highest BCUT2D eigenvalue weighted by Crippen LogP contribution is 2.40. The van der Waals surface area contributed by atoms with E-state index in [2.05, 4.69) is 18.7 Å². The van der Waals surface area contributed by atoms with Gasteiger partial charge in [0.25, 0.3) is 0 Å². The lowest BCUT2D eigenvalue weighted by Crippen LogP contribution is -2.43. The molecule has 0 aromatic rings. The van der Waals surface area contributed by atoms with Crippen LogP contribution in [0.1, 0.15) is 39.0 Å². The lowest BCUT2D eigenvalue weighted by Gasteiger charge is -2.43. The fraction of sp³-hybridized carbons (Fsp3) is 1.00. The van der Waals surface area contributed by atoms with Crippen LogP contribution in [0, 0.1) is 5.92 Å². The van der Waals surface area contributed by atoms with Gasteiger partial charge in [-0.15, -0.1) is 0 Å². The SMILES string of the molecule is CC(N)CC1CCOC2(CCSCC2)C1. The number of hydrogen-bond donors (Lipinski definition) is 1. The first-order valence-corrected chi connectivity index (χ1v) is 7.33. The van der Waals surface area contributed by atoms with Gasteiger partial charge in [0.15, 0.2) is 0 Å². The molecule has 2 rings (SSSR count). The Kier molecular flexibility index (Phi) is 3.97. The zero-order chi connectivity index (χ0) is 10.7. The standard InChI is InChI=1S/C12H23NOS/c1-10(13)8-11-2-5-14-12(9-11)3-6-15-7-4-12/h10-11H,2-9,13H2,1H3. The van der Waals surface area contributed by atoms with Crippen molar-refractivity contribution >= 4 is 11.8 Å². The summed E-state index contributed by atoms with van der Waals surface area (Å²) in [6, 6.07) is 0.350. The molecule has 2 aliphatic rings. The molecule has 2 fully saturated rings. The van der Waals surface area contributed by atoms with E-state index in [4.69, 9.17) is 10.5 Å². The minimum Gasteiger partial charge on any atom is -0.375 e. The second-order valence-electron chi connectivity index (χ2n) is 5.22. The summed E-state index contributed by atoms with van der Waals surface area (Å²) in [6.45, 7) is 3.08. The molecule has 0 amide bonds. The maximum Gasteiger partial charge on any atom is 0.0701 e. The summed E-state index contributed by atoms with van der Waals surface area (Å²) in [6.07, 6.45) is 6.17. The Morgan fingerprint density at radius 3 is 2.87 bits per heavy atom. The van der Waals surface area contributed by atoms with Crippen molar-refractivity contribution in [3.05, 3.63) is 0 Å². The second-order valence-corrected chi connectivity index (χ2v) is 6.44. The van der Waals surface area contributed by atoms with E-state index in [1.54, 1.807) is 0 Å². The van der Waals surface area contributed by atoms with Crippen molar-refractivity contribution in [2.24, 2.45) is 11.7 Å². The molecule has 2 aliphatic heterocycles. The number of thioether (sulfide) groups is 1. The molecule has 88 valence electrons. The molecule has 1 spiro atoms. The van der Waals surface area contributed by atoms with Crippen LogP contribution in [-0.2, 0) is 4.74 Å². The number of rotatable bonds is 2. The zero-order valence-electron chi connectivity index (χ0n) is 9.71. The summed E-state index contributed by atoms with van der Waals surface area (Å²) in [7, 11) is 0. The first-order valence-electron chi connectivity index (χ1n) is 6.17. The molecule has 0 aliphatic carbocycles. The monoisotopic (exact) mass is 229 g/mol. The topological polar surface area (TPSA) is 35.2 Å². The molecular weight excluding hydrogens is 206 g/mol. The third-order valence-corrected chi connectivity index (χ3v) is 4.69. The summed E-state index contributed by atoms with van der Waals surface area (Å²) >= 11 is 2.07. The van der Waals surface area contributed by atoms with Crippen LogP contribution in [0.2, 0.25) is 0 Å². The highest BCUT2D eigenvalue weighted by Gasteiger charge is 2.38. The molecule has 2 N–H and O–H groups in total. The van der Waals surface area contributed by atoms with Gasteiger partial charge >= 0.3 is 0 Å². The van der Waals surface area contributed by atoms with Crippen molar-refractivity contribution in [2.75, 3.05) is 18.1 Å². The van der Waals surface area contributed by atoms with Gasteiger partial charge in [0.05, 0.1) is 5.60 Å². The fourth-order valence-electron chi connectivity index (χ4n) is 2.95. The average Bonchev–Trinajstić information content (AvgIpc) is 2.17. The van der Waals surface area contributed by atoms with Crippen LogP contribution in [0.15, 0.2) is 0 Å². The van der Waals surface area contributed by atoms with Gasteiger partial charge < -0.3 is 10.5 Å². The van der Waals surface area contributed by atoms with Gasteiger partial charge in [0, 0.05) is 12.6 Å². The molecule has 2 atom stereocenters. The van der Waals surface area contributed by atoms with Crippen molar-refractivity contribution in [1.29, 1.82) is 0 Å². The van der Waals surface area contributed by atoms with Crippen LogP contribution in [0.3, 0.4) is 0 Å². The van der Waals surface area contributed by atoms with Crippen LogP contribution in [0.4, 0.5) is 0 Å². The molecule has 2 nitrogen and oxygen atoms in total. The Hall–Kier alpha value is 0.270. The zero-order valence-corrected chi connectivity index (χ0v) is 10.5. The van der Waals surface area contributed by atoms with Gasteiger partial charge in [0.1, 0.15) is 0 Å². The Bertz CT molecular complexity index is 196. The fourth-order valence-corrected chi connectivity index (χ4v) is 4.18. The highest BCUT2D eigenvalue weighted by molar-refractivity contribution is 7.99. The van der Waals surface area contributed by atoms with E-state index in [9.17, 15) is 0 Å². The highest BCUT2D eigenvalue weighted by atomic mass is 32.2. The molecule has 2 unspecified atom stereocenters. The maximum atomic E-state index is 6.06. The van der Waals surface area contributed by atoms with E-state index < -0.39 is 0 Å². The summed E-state index contributed by atoms with van der Waals surface area (Å²) in [5.74, 6) is 3.37. The minimum atomic E-state index is 0.239. The molecule has 2 heterocycles. The smallest absolute Gasteiger partial charge is 0.0701 e. The summed E-state index contributed by atoms with van der Waals surface area (Å²) in [4.78, 5) is 0. The second kappa shape index (κ2) is 5.07. The normalized spacial score (nSPS) is 32.8. The van der Waals surface area contributed by atoms with Gasteiger partial charge in [-0.25, -0.2) is 0 Å². The first kappa shape index (κ1) is 11.7. The van der Waals surface area contributed by atoms with Gasteiger partial charge in [0.2, 0.25) is 0 Å².